The molecule has 9 nitrogen and oxygen atoms in total. The van der Waals surface area contributed by atoms with Gasteiger partial charge in [-0.15, -0.1) is 11.3 Å². The van der Waals surface area contributed by atoms with Gasteiger partial charge in [0.25, 0.3) is 0 Å². The van der Waals surface area contributed by atoms with Crippen LogP contribution in [-0.4, -0.2) is 47.9 Å². The molecule has 0 radical (unpaired) electrons. The highest BCUT2D eigenvalue weighted by Crippen LogP contribution is 2.65. The Bertz CT molecular complexity index is 1840. The number of ether oxygens (including phenoxy) is 2. The topological polar surface area (TPSA) is 113 Å². The maximum Gasteiger partial charge on any atom is 0.241 e. The molecule has 12 heteroatoms. The Morgan fingerprint density at radius 3 is 2.50 bits per heavy atom. The van der Waals surface area contributed by atoms with E-state index in [2.05, 4.69) is 0 Å². The van der Waals surface area contributed by atoms with E-state index in [0.29, 0.717) is 11.3 Å². The van der Waals surface area contributed by atoms with Gasteiger partial charge in [0.1, 0.15) is 23.1 Å². The third kappa shape index (κ3) is 4.24. The molecule has 2 aliphatic carbocycles. The third-order valence-corrected chi connectivity index (χ3v) is 11.4. The van der Waals surface area contributed by atoms with Crippen LogP contribution < -0.4 is 14.4 Å². The van der Waals surface area contributed by atoms with Crippen molar-refractivity contribution in [2.45, 2.75) is 32.2 Å². The van der Waals surface area contributed by atoms with Crippen molar-refractivity contribution in [3.8, 4) is 17.2 Å². The van der Waals surface area contributed by atoms with Crippen LogP contribution in [0.25, 0.3) is 0 Å². The minimum Gasteiger partial charge on any atom is -0.507 e. The second-order valence-electron chi connectivity index (χ2n) is 12.4. The number of carbonyl (C=O) groups excluding carboxylic acids is 4. The van der Waals surface area contributed by atoms with E-state index in [4.69, 9.17) is 21.1 Å². The lowest BCUT2D eigenvalue weighted by Gasteiger charge is -2.49. The molecule has 1 aromatic heterocycles. The van der Waals surface area contributed by atoms with Crippen LogP contribution in [0, 0.1) is 34.9 Å². The predicted octanol–water partition coefficient (Wildman–Crippen LogP) is 5.69. The molecule has 2 aromatic carbocycles. The van der Waals surface area contributed by atoms with Gasteiger partial charge < -0.3 is 14.6 Å². The number of thiophene rings is 1. The number of methoxy groups -OCH3 is 2. The molecule has 0 unspecified atom stereocenters. The van der Waals surface area contributed by atoms with Crippen molar-refractivity contribution in [3.05, 3.63) is 80.8 Å². The fraction of sp³-hybridized carbons (Fsp3) is 0.353. The highest BCUT2D eigenvalue weighted by Gasteiger charge is 2.68. The van der Waals surface area contributed by atoms with Gasteiger partial charge >= 0.3 is 0 Å². The van der Waals surface area contributed by atoms with Gasteiger partial charge in [-0.25, -0.2) is 9.29 Å². The van der Waals surface area contributed by atoms with Crippen LogP contribution in [0.3, 0.4) is 0 Å². The summed E-state index contributed by atoms with van der Waals surface area (Å²) in [7, 11) is 2.88. The lowest BCUT2D eigenvalue weighted by molar-refractivity contribution is -0.141. The van der Waals surface area contributed by atoms with E-state index in [1.165, 1.54) is 48.7 Å². The van der Waals surface area contributed by atoms with Crippen molar-refractivity contribution in [3.63, 3.8) is 0 Å². The molecule has 6 atom stereocenters. The molecule has 3 fully saturated rings. The molecule has 7 rings (SSSR count). The number of rotatable bonds is 6. The number of fused-ring (bicyclic) bond motifs is 4. The summed E-state index contributed by atoms with van der Waals surface area (Å²) < 4.78 is 25.2. The SMILES string of the molecule is COc1cc(O)c([C@H]2C3=CC[C@@H]4C(=O)N(Cc5cccs5)C(=O)[C@@H]4[C@@H]3C[C@H]3C(=O)N(c4ccc(F)c(Cl)c4)C(=O)[C@@]23C)c(OC)c1. The summed E-state index contributed by atoms with van der Waals surface area (Å²) in [5.74, 6) is -5.80. The Morgan fingerprint density at radius 1 is 1.04 bits per heavy atom. The summed E-state index contributed by atoms with van der Waals surface area (Å²) in [6.45, 7) is 1.85. The number of anilines is 1. The van der Waals surface area contributed by atoms with E-state index in [1.807, 2.05) is 23.6 Å². The molecule has 3 aromatic rings. The van der Waals surface area contributed by atoms with E-state index in [1.54, 1.807) is 13.0 Å². The summed E-state index contributed by atoms with van der Waals surface area (Å²) in [4.78, 5) is 59.9. The monoisotopic (exact) mass is 664 g/mol. The molecule has 1 N–H and O–H groups in total. The van der Waals surface area contributed by atoms with Crippen molar-refractivity contribution in [2.24, 2.45) is 29.1 Å². The number of phenolic OH excluding ortho intramolecular Hbond substituents is 1. The predicted molar refractivity (Wildman–Crippen MR) is 167 cm³/mol. The van der Waals surface area contributed by atoms with Crippen molar-refractivity contribution >= 4 is 52.3 Å². The lowest BCUT2D eigenvalue weighted by atomic mass is 9.51. The molecule has 1 saturated carbocycles. The Kier molecular flexibility index (Phi) is 7.24. The van der Waals surface area contributed by atoms with Gasteiger partial charge in [0.05, 0.1) is 54.6 Å². The summed E-state index contributed by atoms with van der Waals surface area (Å²) in [5, 5.41) is 13.1. The maximum absolute atomic E-state index is 14.6. The average molecular weight is 665 g/mol. The first-order valence-electron chi connectivity index (χ1n) is 14.9. The molecular weight excluding hydrogens is 635 g/mol. The second kappa shape index (κ2) is 10.9. The first-order valence-corrected chi connectivity index (χ1v) is 16.1. The van der Waals surface area contributed by atoms with Gasteiger partial charge in [0.2, 0.25) is 23.6 Å². The number of benzene rings is 2. The van der Waals surface area contributed by atoms with E-state index >= 15 is 0 Å². The van der Waals surface area contributed by atoms with Crippen LogP contribution in [0.1, 0.15) is 36.1 Å². The van der Waals surface area contributed by atoms with E-state index in [-0.39, 0.29) is 59.0 Å². The standard InChI is InChI=1S/C34H30ClFN2O7S/c1-34-22(31(41)38(33(34)43)16-6-9-24(36)23(35)11-16)14-21-19(29(34)28-25(39)12-17(44-2)13-26(28)45-3)7-8-20-27(21)32(42)37(30(20)40)15-18-5-4-10-46-18/h4-7,9-13,20-22,27,29,39H,8,14-15H2,1-3H3/t20-,21+,22-,27-,29+,34+/m0/s1. The molecule has 2 saturated heterocycles. The third-order valence-electron chi connectivity index (χ3n) is 10.3. The highest BCUT2D eigenvalue weighted by atomic mass is 35.5. The van der Waals surface area contributed by atoms with Crippen LogP contribution in [0.15, 0.2) is 59.5 Å². The molecular formula is C34H30ClFN2O7S. The number of nitrogens with zero attached hydrogens (tertiary/aromatic N) is 2. The van der Waals surface area contributed by atoms with Gasteiger partial charge in [-0.1, -0.05) is 29.3 Å². The fourth-order valence-corrected chi connectivity index (χ4v) is 9.00. The Labute approximate surface area is 273 Å². The largest absolute Gasteiger partial charge is 0.507 e. The Morgan fingerprint density at radius 2 is 1.83 bits per heavy atom. The Balaban J connectivity index is 1.39. The van der Waals surface area contributed by atoms with Gasteiger partial charge in [-0.2, -0.15) is 0 Å². The smallest absolute Gasteiger partial charge is 0.241 e. The molecule has 3 heterocycles. The number of allylic oxidation sites excluding steroid dienone is 2. The van der Waals surface area contributed by atoms with Crippen LogP contribution in [0.5, 0.6) is 17.2 Å². The highest BCUT2D eigenvalue weighted by molar-refractivity contribution is 7.09. The number of carbonyl (C=O) groups is 4. The molecule has 0 spiro atoms. The zero-order valence-electron chi connectivity index (χ0n) is 25.2. The number of imide groups is 2. The number of likely N-dealkylation sites (tertiary alicyclic amines) is 1. The number of aromatic hydroxyl groups is 1. The van der Waals surface area contributed by atoms with Gasteiger partial charge in [0.15, 0.2) is 0 Å². The van der Waals surface area contributed by atoms with Crippen LogP contribution in [-0.2, 0) is 25.7 Å². The summed E-state index contributed by atoms with van der Waals surface area (Å²) >= 11 is 7.53. The fourth-order valence-electron chi connectivity index (χ4n) is 8.14. The van der Waals surface area contributed by atoms with Gasteiger partial charge in [0, 0.05) is 28.5 Å². The molecule has 4 aliphatic rings. The lowest BCUT2D eigenvalue weighted by Crippen LogP contribution is -2.49. The number of phenols is 1. The summed E-state index contributed by atoms with van der Waals surface area (Å²) in [6.07, 6.45) is 2.29. The quantitative estimate of drug-likeness (QED) is 0.266. The van der Waals surface area contributed by atoms with Crippen molar-refractivity contribution < 1.29 is 38.1 Å². The maximum atomic E-state index is 14.6. The normalized spacial score (nSPS) is 28.6. The van der Waals surface area contributed by atoms with Crippen molar-refractivity contribution in [1.82, 2.24) is 4.90 Å². The molecule has 238 valence electrons. The molecule has 2 aliphatic heterocycles. The first-order chi connectivity index (χ1) is 22.0. The van der Waals surface area contributed by atoms with Crippen LogP contribution in [0.4, 0.5) is 10.1 Å². The van der Waals surface area contributed by atoms with E-state index in [0.717, 1.165) is 15.8 Å². The minimum absolute atomic E-state index is 0.116. The van der Waals surface area contributed by atoms with Gasteiger partial charge in [-0.3, -0.25) is 24.1 Å². The van der Waals surface area contributed by atoms with Crippen molar-refractivity contribution in [1.29, 1.82) is 0 Å². The first kappa shape index (κ1) is 30.4. The number of hydrogen-bond acceptors (Lipinski definition) is 8. The molecule has 46 heavy (non-hydrogen) atoms. The average Bonchev–Trinajstić information content (AvgIpc) is 3.69. The zero-order chi connectivity index (χ0) is 32.7. The van der Waals surface area contributed by atoms with E-state index in [9.17, 15) is 28.7 Å². The molecule has 0 bridgehead atoms. The molecule has 4 amide bonds. The van der Waals surface area contributed by atoms with Crippen molar-refractivity contribution in [2.75, 3.05) is 19.1 Å². The zero-order valence-corrected chi connectivity index (χ0v) is 26.7. The summed E-state index contributed by atoms with van der Waals surface area (Å²) in [6, 6.07) is 10.4. The van der Waals surface area contributed by atoms with E-state index < -0.39 is 52.6 Å². The Hall–Kier alpha value is -4.22. The number of hydrogen-bond donors (Lipinski definition) is 1. The number of halogens is 2. The summed E-state index contributed by atoms with van der Waals surface area (Å²) in [5.41, 5.74) is -0.365. The second-order valence-corrected chi connectivity index (χ2v) is 13.8. The minimum atomic E-state index is -1.45. The number of amides is 4. The van der Waals surface area contributed by atoms with Crippen LogP contribution in [0.2, 0.25) is 5.02 Å². The van der Waals surface area contributed by atoms with Gasteiger partial charge in [-0.05, 0) is 55.3 Å². The van der Waals surface area contributed by atoms with Crippen LogP contribution >= 0.6 is 22.9 Å².